The Labute approximate surface area is 158 Å². The average Bonchev–Trinajstić information content (AvgIpc) is 2.69. The number of carbonyl (C=O) groups excluding carboxylic acids is 1. The highest BCUT2D eigenvalue weighted by Crippen LogP contribution is 2.27. The molecule has 132 valence electrons. The zero-order valence-corrected chi connectivity index (χ0v) is 15.7. The van der Waals surface area contributed by atoms with Gasteiger partial charge in [0.2, 0.25) is 5.91 Å². The van der Waals surface area contributed by atoms with Gasteiger partial charge in [0.15, 0.2) is 0 Å². The van der Waals surface area contributed by atoms with E-state index in [1.165, 1.54) is 0 Å². The molecule has 3 nitrogen and oxygen atoms in total. The number of carbonyl (C=O) groups is 1. The van der Waals surface area contributed by atoms with E-state index in [-0.39, 0.29) is 11.9 Å². The number of nitrogens with one attached hydrogen (secondary N) is 2. The first kappa shape index (κ1) is 18.1. The number of hydrogen-bond acceptors (Lipinski definition) is 3. The molecule has 0 aliphatic carbocycles. The van der Waals surface area contributed by atoms with E-state index in [0.717, 1.165) is 27.4 Å². The molecule has 3 rings (SSSR count). The van der Waals surface area contributed by atoms with Crippen molar-refractivity contribution in [1.29, 1.82) is 0 Å². The van der Waals surface area contributed by atoms with Crippen LogP contribution in [0.25, 0.3) is 11.1 Å². The van der Waals surface area contributed by atoms with Gasteiger partial charge in [-0.15, -0.1) is 11.8 Å². The van der Waals surface area contributed by atoms with Crippen LogP contribution in [0.2, 0.25) is 0 Å². The molecule has 0 unspecified atom stereocenters. The topological polar surface area (TPSA) is 41.1 Å². The molecule has 4 heteroatoms. The highest BCUT2D eigenvalue weighted by molar-refractivity contribution is 7.98. The Morgan fingerprint density at radius 3 is 2.42 bits per heavy atom. The zero-order chi connectivity index (χ0) is 18.4. The van der Waals surface area contributed by atoms with Crippen molar-refractivity contribution in [3.63, 3.8) is 0 Å². The van der Waals surface area contributed by atoms with E-state index >= 15 is 0 Å². The number of hydrogen-bond donors (Lipinski definition) is 2. The first-order chi connectivity index (χ1) is 12.7. The molecule has 0 radical (unpaired) electrons. The number of para-hydroxylation sites is 1. The van der Waals surface area contributed by atoms with Crippen LogP contribution in [0.15, 0.2) is 83.8 Å². The lowest BCUT2D eigenvalue weighted by molar-refractivity contribution is -0.116. The molecule has 2 N–H and O–H groups in total. The zero-order valence-electron chi connectivity index (χ0n) is 14.9. The lowest BCUT2D eigenvalue weighted by Crippen LogP contribution is -2.32. The maximum absolute atomic E-state index is 12.7. The first-order valence-electron chi connectivity index (χ1n) is 8.53. The van der Waals surface area contributed by atoms with E-state index in [2.05, 4.69) is 16.7 Å². The summed E-state index contributed by atoms with van der Waals surface area (Å²) >= 11 is 1.68. The van der Waals surface area contributed by atoms with Crippen molar-refractivity contribution >= 4 is 29.0 Å². The minimum atomic E-state index is -0.351. The van der Waals surface area contributed by atoms with E-state index in [1.807, 2.05) is 86.0 Å². The molecule has 0 fully saturated rings. The van der Waals surface area contributed by atoms with Gasteiger partial charge >= 0.3 is 0 Å². The van der Waals surface area contributed by atoms with Gasteiger partial charge in [-0.2, -0.15) is 0 Å². The van der Waals surface area contributed by atoms with Crippen LogP contribution in [0.5, 0.6) is 0 Å². The summed E-state index contributed by atoms with van der Waals surface area (Å²) in [4.78, 5) is 13.8. The summed E-state index contributed by atoms with van der Waals surface area (Å²) in [5.74, 6) is -0.0667. The van der Waals surface area contributed by atoms with Gasteiger partial charge in [-0.25, -0.2) is 0 Å². The smallest absolute Gasteiger partial charge is 0.246 e. The lowest BCUT2D eigenvalue weighted by atomic mass is 10.0. The Bertz CT molecular complexity index is 880. The van der Waals surface area contributed by atoms with Gasteiger partial charge in [-0.1, -0.05) is 54.6 Å². The molecule has 1 amide bonds. The summed E-state index contributed by atoms with van der Waals surface area (Å²) in [6.07, 6.45) is 2.04. The quantitative estimate of drug-likeness (QED) is 0.568. The van der Waals surface area contributed by atoms with Crippen molar-refractivity contribution in [1.82, 2.24) is 0 Å². The number of rotatable bonds is 6. The molecule has 0 aliphatic rings. The van der Waals surface area contributed by atoms with Crippen LogP contribution in [0.4, 0.5) is 11.4 Å². The number of amides is 1. The fourth-order valence-corrected chi connectivity index (χ4v) is 3.19. The van der Waals surface area contributed by atoms with E-state index in [4.69, 9.17) is 0 Å². The van der Waals surface area contributed by atoms with E-state index in [1.54, 1.807) is 11.8 Å². The lowest BCUT2D eigenvalue weighted by Gasteiger charge is -2.17. The van der Waals surface area contributed by atoms with Crippen LogP contribution in [-0.4, -0.2) is 18.2 Å². The number of thioether (sulfide) groups is 1. The van der Waals surface area contributed by atoms with Crippen molar-refractivity contribution in [3.05, 3.63) is 78.9 Å². The molecule has 26 heavy (non-hydrogen) atoms. The molecular weight excluding hydrogens is 340 g/mol. The predicted molar refractivity (Wildman–Crippen MR) is 112 cm³/mol. The second-order valence-corrected chi connectivity index (χ2v) is 6.88. The first-order valence-corrected chi connectivity index (χ1v) is 9.76. The second kappa shape index (κ2) is 8.59. The largest absolute Gasteiger partial charge is 0.374 e. The van der Waals surface area contributed by atoms with Gasteiger partial charge in [0.1, 0.15) is 6.04 Å². The fraction of sp³-hybridized carbons (Fsp3) is 0.136. The summed E-state index contributed by atoms with van der Waals surface area (Å²) in [7, 11) is 0. The van der Waals surface area contributed by atoms with E-state index < -0.39 is 0 Å². The summed E-state index contributed by atoms with van der Waals surface area (Å²) in [6.45, 7) is 1.87. The minimum absolute atomic E-state index is 0.0667. The van der Waals surface area contributed by atoms with Gasteiger partial charge in [0.05, 0.1) is 0 Å². The Kier molecular flexibility index (Phi) is 5.97. The van der Waals surface area contributed by atoms with Crippen molar-refractivity contribution in [2.24, 2.45) is 0 Å². The Morgan fingerprint density at radius 1 is 0.923 bits per heavy atom. The SMILES string of the molecule is CSc1cccc(N[C@@H](C)C(=O)Nc2ccccc2-c2ccccc2)c1. The Balaban J connectivity index is 1.74. The molecule has 0 bridgehead atoms. The van der Waals surface area contributed by atoms with Crippen molar-refractivity contribution in [2.75, 3.05) is 16.9 Å². The van der Waals surface area contributed by atoms with E-state index in [0.29, 0.717) is 0 Å². The Morgan fingerprint density at radius 2 is 1.65 bits per heavy atom. The predicted octanol–water partition coefficient (Wildman–Crippen LogP) is 5.51. The van der Waals surface area contributed by atoms with Crippen LogP contribution in [0.3, 0.4) is 0 Å². The molecule has 0 aromatic heterocycles. The van der Waals surface area contributed by atoms with Crippen LogP contribution < -0.4 is 10.6 Å². The van der Waals surface area contributed by atoms with Crippen LogP contribution in [-0.2, 0) is 4.79 Å². The summed E-state index contributed by atoms with van der Waals surface area (Å²) in [5, 5.41) is 6.32. The van der Waals surface area contributed by atoms with Gasteiger partial charge in [-0.3, -0.25) is 4.79 Å². The highest BCUT2D eigenvalue weighted by Gasteiger charge is 2.15. The van der Waals surface area contributed by atoms with Crippen LogP contribution in [0, 0.1) is 0 Å². The molecule has 0 saturated heterocycles. The van der Waals surface area contributed by atoms with Gasteiger partial charge < -0.3 is 10.6 Å². The third-order valence-corrected chi connectivity index (χ3v) is 4.84. The molecule has 3 aromatic carbocycles. The van der Waals surface area contributed by atoms with Gasteiger partial charge in [0, 0.05) is 21.8 Å². The molecule has 0 heterocycles. The molecule has 1 atom stereocenters. The number of anilines is 2. The third-order valence-electron chi connectivity index (χ3n) is 4.12. The monoisotopic (exact) mass is 362 g/mol. The molecular formula is C22H22N2OS. The molecule has 0 saturated carbocycles. The van der Waals surface area contributed by atoms with E-state index in [9.17, 15) is 4.79 Å². The highest BCUT2D eigenvalue weighted by atomic mass is 32.2. The fourth-order valence-electron chi connectivity index (χ4n) is 2.73. The van der Waals surface area contributed by atoms with Crippen molar-refractivity contribution in [2.45, 2.75) is 17.9 Å². The second-order valence-electron chi connectivity index (χ2n) is 6.00. The maximum atomic E-state index is 12.7. The third kappa shape index (κ3) is 4.46. The van der Waals surface area contributed by atoms with Crippen LogP contribution in [0.1, 0.15) is 6.92 Å². The maximum Gasteiger partial charge on any atom is 0.246 e. The van der Waals surface area contributed by atoms with Gasteiger partial charge in [0.25, 0.3) is 0 Å². The number of benzene rings is 3. The Hall–Kier alpha value is -2.72. The molecule has 0 spiro atoms. The molecule has 0 aliphatic heterocycles. The average molecular weight is 362 g/mol. The van der Waals surface area contributed by atoms with Crippen molar-refractivity contribution in [3.8, 4) is 11.1 Å². The summed E-state index contributed by atoms with van der Waals surface area (Å²) in [6, 6.07) is 25.6. The summed E-state index contributed by atoms with van der Waals surface area (Å²) in [5.41, 5.74) is 3.85. The molecule has 3 aromatic rings. The normalized spacial score (nSPS) is 11.6. The summed E-state index contributed by atoms with van der Waals surface area (Å²) < 4.78 is 0. The van der Waals surface area contributed by atoms with Crippen molar-refractivity contribution < 1.29 is 4.79 Å². The minimum Gasteiger partial charge on any atom is -0.374 e. The van der Waals surface area contributed by atoms with Gasteiger partial charge in [-0.05, 0) is 43.0 Å². The van der Waals surface area contributed by atoms with Crippen LogP contribution >= 0.6 is 11.8 Å². The standard InChI is InChI=1S/C22H22N2OS/c1-16(23-18-11-8-12-19(15-18)26-2)22(25)24-21-14-7-6-13-20(21)17-9-4-3-5-10-17/h3-16,23H,1-2H3,(H,24,25)/t16-/m0/s1.